The van der Waals surface area contributed by atoms with Gasteiger partial charge in [0.2, 0.25) is 0 Å². The SMILES string of the molecule is Oc1ccc(N2C(=S)NC(c3ccccn3)C2c2ccc(-c3ccccc3)o2)cc1. The Balaban J connectivity index is 1.60. The Morgan fingerprint density at radius 2 is 1.67 bits per heavy atom. The number of phenolic OH excluding ortho intramolecular Hbond substituents is 1. The average molecular weight is 414 g/mol. The van der Waals surface area contributed by atoms with Gasteiger partial charge in [-0.1, -0.05) is 36.4 Å². The first kappa shape index (κ1) is 18.4. The van der Waals surface area contributed by atoms with Crippen LogP contribution in [0.15, 0.2) is 95.5 Å². The molecule has 0 aliphatic carbocycles. The lowest BCUT2D eigenvalue weighted by atomic mass is 10.0. The summed E-state index contributed by atoms with van der Waals surface area (Å²) in [6.07, 6.45) is 1.78. The molecular formula is C24H19N3O2S. The molecular weight excluding hydrogens is 394 g/mol. The smallest absolute Gasteiger partial charge is 0.174 e. The van der Waals surface area contributed by atoms with Gasteiger partial charge >= 0.3 is 0 Å². The number of rotatable bonds is 4. The molecule has 148 valence electrons. The van der Waals surface area contributed by atoms with Crippen LogP contribution in [0, 0.1) is 0 Å². The lowest BCUT2D eigenvalue weighted by molar-refractivity contribution is 0.439. The van der Waals surface area contributed by atoms with E-state index >= 15 is 0 Å². The minimum absolute atomic E-state index is 0.178. The molecule has 0 spiro atoms. The summed E-state index contributed by atoms with van der Waals surface area (Å²) in [5.41, 5.74) is 2.76. The minimum Gasteiger partial charge on any atom is -0.508 e. The number of hydrogen-bond acceptors (Lipinski definition) is 4. The minimum atomic E-state index is -0.227. The van der Waals surface area contributed by atoms with Crippen LogP contribution in [0.4, 0.5) is 5.69 Å². The van der Waals surface area contributed by atoms with E-state index in [2.05, 4.69) is 10.3 Å². The summed E-state index contributed by atoms with van der Waals surface area (Å²) in [6.45, 7) is 0. The van der Waals surface area contributed by atoms with Crippen LogP contribution in [-0.4, -0.2) is 15.2 Å². The molecule has 0 saturated carbocycles. The van der Waals surface area contributed by atoms with Crippen molar-refractivity contribution in [1.29, 1.82) is 0 Å². The quantitative estimate of drug-likeness (QED) is 0.447. The van der Waals surface area contributed by atoms with Gasteiger partial charge in [-0.25, -0.2) is 0 Å². The predicted octanol–water partition coefficient (Wildman–Crippen LogP) is 5.22. The van der Waals surface area contributed by atoms with Crippen molar-refractivity contribution >= 4 is 23.0 Å². The van der Waals surface area contributed by atoms with E-state index in [1.165, 1.54) is 0 Å². The van der Waals surface area contributed by atoms with Crippen molar-refractivity contribution in [2.75, 3.05) is 4.90 Å². The average Bonchev–Trinajstić information content (AvgIpc) is 3.40. The number of benzene rings is 2. The number of phenols is 1. The predicted molar refractivity (Wildman–Crippen MR) is 120 cm³/mol. The molecule has 0 radical (unpaired) electrons. The summed E-state index contributed by atoms with van der Waals surface area (Å²) in [5, 5.41) is 13.7. The van der Waals surface area contributed by atoms with E-state index in [1.54, 1.807) is 18.3 Å². The molecule has 1 fully saturated rings. The van der Waals surface area contributed by atoms with E-state index in [0.29, 0.717) is 5.11 Å². The molecule has 2 N–H and O–H groups in total. The van der Waals surface area contributed by atoms with Crippen molar-refractivity contribution in [1.82, 2.24) is 10.3 Å². The van der Waals surface area contributed by atoms with Gasteiger partial charge in [0, 0.05) is 17.4 Å². The lowest BCUT2D eigenvalue weighted by Gasteiger charge is -2.26. The van der Waals surface area contributed by atoms with Gasteiger partial charge in [-0.15, -0.1) is 0 Å². The number of anilines is 1. The van der Waals surface area contributed by atoms with Crippen LogP contribution in [0.1, 0.15) is 23.5 Å². The summed E-state index contributed by atoms with van der Waals surface area (Å²) >= 11 is 5.69. The zero-order valence-electron chi connectivity index (χ0n) is 16.0. The third kappa shape index (κ3) is 3.31. The number of thiocarbonyl (C=S) groups is 1. The van der Waals surface area contributed by atoms with Gasteiger partial charge in [-0.3, -0.25) is 4.98 Å². The fourth-order valence-corrected chi connectivity index (χ4v) is 4.15. The number of aromatic hydroxyl groups is 1. The summed E-state index contributed by atoms with van der Waals surface area (Å²) in [7, 11) is 0. The maximum atomic E-state index is 9.71. The monoisotopic (exact) mass is 413 g/mol. The molecule has 5 nitrogen and oxygen atoms in total. The Morgan fingerprint density at radius 3 is 2.40 bits per heavy atom. The van der Waals surface area contributed by atoms with Gasteiger partial charge in [0.1, 0.15) is 23.3 Å². The van der Waals surface area contributed by atoms with E-state index in [1.807, 2.05) is 77.7 Å². The molecule has 1 aliphatic rings. The Bertz CT molecular complexity index is 1160. The second-order valence-electron chi connectivity index (χ2n) is 7.08. The zero-order chi connectivity index (χ0) is 20.5. The Labute approximate surface area is 179 Å². The first-order chi connectivity index (χ1) is 14.7. The molecule has 0 amide bonds. The van der Waals surface area contributed by atoms with Crippen molar-refractivity contribution in [2.24, 2.45) is 0 Å². The van der Waals surface area contributed by atoms with Crippen LogP contribution in [0.25, 0.3) is 11.3 Å². The van der Waals surface area contributed by atoms with E-state index in [0.717, 1.165) is 28.5 Å². The van der Waals surface area contributed by atoms with Crippen LogP contribution >= 0.6 is 12.2 Å². The van der Waals surface area contributed by atoms with Crippen molar-refractivity contribution in [3.8, 4) is 17.1 Å². The van der Waals surface area contributed by atoms with Crippen LogP contribution in [0.2, 0.25) is 0 Å². The van der Waals surface area contributed by atoms with Crippen LogP contribution in [-0.2, 0) is 0 Å². The summed E-state index contributed by atoms with van der Waals surface area (Å²) in [4.78, 5) is 6.56. The van der Waals surface area contributed by atoms with Gasteiger partial charge in [-0.2, -0.15) is 0 Å². The van der Waals surface area contributed by atoms with E-state index < -0.39 is 0 Å². The fraction of sp³-hybridized carbons (Fsp3) is 0.0833. The van der Waals surface area contributed by atoms with Gasteiger partial charge < -0.3 is 19.7 Å². The fourth-order valence-electron chi connectivity index (χ4n) is 3.80. The largest absolute Gasteiger partial charge is 0.508 e. The number of pyridine rings is 1. The topological polar surface area (TPSA) is 61.5 Å². The highest BCUT2D eigenvalue weighted by atomic mass is 32.1. The molecule has 30 heavy (non-hydrogen) atoms. The van der Waals surface area contributed by atoms with Crippen LogP contribution < -0.4 is 10.2 Å². The zero-order valence-corrected chi connectivity index (χ0v) is 16.8. The second kappa shape index (κ2) is 7.65. The summed E-state index contributed by atoms with van der Waals surface area (Å²) in [6, 6.07) is 26.4. The van der Waals surface area contributed by atoms with Crippen molar-refractivity contribution in [2.45, 2.75) is 12.1 Å². The molecule has 1 aliphatic heterocycles. The first-order valence-electron chi connectivity index (χ1n) is 9.65. The normalized spacial score (nSPS) is 18.4. The lowest BCUT2D eigenvalue weighted by Crippen LogP contribution is -2.29. The highest BCUT2D eigenvalue weighted by Gasteiger charge is 2.42. The van der Waals surface area contributed by atoms with Gasteiger partial charge in [0.25, 0.3) is 0 Å². The third-order valence-corrected chi connectivity index (χ3v) is 5.52. The molecule has 2 unspecified atom stereocenters. The third-order valence-electron chi connectivity index (χ3n) is 5.20. The molecule has 0 bridgehead atoms. The molecule has 2 atom stereocenters. The van der Waals surface area contributed by atoms with Crippen molar-refractivity contribution in [3.63, 3.8) is 0 Å². The van der Waals surface area contributed by atoms with E-state index in [9.17, 15) is 5.11 Å². The molecule has 3 heterocycles. The molecule has 2 aromatic heterocycles. The number of furan rings is 1. The highest BCUT2D eigenvalue weighted by Crippen LogP contribution is 2.43. The van der Waals surface area contributed by atoms with Gasteiger partial charge in [0.05, 0.1) is 11.7 Å². The Morgan fingerprint density at radius 1 is 0.900 bits per heavy atom. The Hall–Kier alpha value is -3.64. The highest BCUT2D eigenvalue weighted by molar-refractivity contribution is 7.80. The van der Waals surface area contributed by atoms with Crippen LogP contribution in [0.5, 0.6) is 5.75 Å². The van der Waals surface area contributed by atoms with Gasteiger partial charge in [-0.05, 0) is 60.7 Å². The van der Waals surface area contributed by atoms with Crippen molar-refractivity contribution < 1.29 is 9.52 Å². The van der Waals surface area contributed by atoms with Gasteiger partial charge in [0.15, 0.2) is 5.11 Å². The van der Waals surface area contributed by atoms with Crippen molar-refractivity contribution in [3.05, 3.63) is 103 Å². The number of hydrogen-bond donors (Lipinski definition) is 2. The standard InChI is InChI=1S/C24H19N3O2S/c28-18-11-9-17(10-12-18)27-23(22(26-24(27)30)19-8-4-5-15-25-19)21-14-13-20(29-21)16-6-2-1-3-7-16/h1-15,22-23,28H,(H,26,30). The molecule has 2 aromatic carbocycles. The molecule has 5 rings (SSSR count). The Kier molecular flexibility index (Phi) is 4.69. The molecule has 4 aromatic rings. The van der Waals surface area contributed by atoms with Crippen LogP contribution in [0.3, 0.4) is 0 Å². The maximum Gasteiger partial charge on any atom is 0.174 e. The van der Waals surface area contributed by atoms with E-state index in [-0.39, 0.29) is 17.8 Å². The number of aromatic nitrogens is 1. The summed E-state index contributed by atoms with van der Waals surface area (Å²) in [5.74, 6) is 1.79. The summed E-state index contributed by atoms with van der Waals surface area (Å²) < 4.78 is 6.31. The maximum absolute atomic E-state index is 9.71. The molecule has 1 saturated heterocycles. The molecule has 6 heteroatoms. The number of nitrogens with zero attached hydrogens (tertiary/aromatic N) is 2. The first-order valence-corrected chi connectivity index (χ1v) is 10.1. The number of nitrogens with one attached hydrogen (secondary N) is 1. The second-order valence-corrected chi connectivity index (χ2v) is 7.47. The van der Waals surface area contributed by atoms with E-state index in [4.69, 9.17) is 16.6 Å².